The lowest BCUT2D eigenvalue weighted by Gasteiger charge is -2.37. The summed E-state index contributed by atoms with van der Waals surface area (Å²) in [7, 11) is 2.41. The van der Waals surface area contributed by atoms with Gasteiger partial charge in [0.05, 0.1) is 8.16 Å². The number of hydrogen-bond donors (Lipinski definition) is 0. The highest BCUT2D eigenvalue weighted by molar-refractivity contribution is 8.21. The Bertz CT molecular complexity index is 746. The predicted molar refractivity (Wildman–Crippen MR) is 140 cm³/mol. The zero-order chi connectivity index (χ0) is 20.4. The van der Waals surface area contributed by atoms with Crippen molar-refractivity contribution >= 4 is 47.0 Å². The number of thioether (sulfide) groups is 4. The van der Waals surface area contributed by atoms with E-state index in [4.69, 9.17) is 0 Å². The SMILES string of the molecule is CN1[C@@H](CC2(c3ccccc3)SCCS2)CC[C@H]1CC1(c2ccccc2)SCCS1. The lowest BCUT2D eigenvalue weighted by molar-refractivity contribution is 0.216. The summed E-state index contributed by atoms with van der Waals surface area (Å²) in [6.45, 7) is 0. The number of rotatable bonds is 6. The van der Waals surface area contributed by atoms with E-state index in [0.29, 0.717) is 12.1 Å². The van der Waals surface area contributed by atoms with E-state index in [0.717, 1.165) is 0 Å². The summed E-state index contributed by atoms with van der Waals surface area (Å²) in [5.74, 6) is 5.13. The quantitative estimate of drug-likeness (QED) is 0.448. The monoisotopic (exact) mass is 473 g/mol. The van der Waals surface area contributed by atoms with Crippen molar-refractivity contribution < 1.29 is 0 Å². The molecule has 160 valence electrons. The maximum absolute atomic E-state index is 2.76. The van der Waals surface area contributed by atoms with Crippen molar-refractivity contribution in [1.82, 2.24) is 4.90 Å². The fraction of sp³-hybridized carbons (Fsp3) is 0.520. The first-order chi connectivity index (χ1) is 14.7. The van der Waals surface area contributed by atoms with E-state index in [1.54, 1.807) is 0 Å². The minimum atomic E-state index is 0.253. The van der Waals surface area contributed by atoms with Crippen molar-refractivity contribution in [1.29, 1.82) is 0 Å². The molecular weight excluding hydrogens is 443 g/mol. The van der Waals surface area contributed by atoms with Crippen LogP contribution >= 0.6 is 47.0 Å². The predicted octanol–water partition coefficient (Wildman–Crippen LogP) is 6.90. The summed E-state index contributed by atoms with van der Waals surface area (Å²) in [4.78, 5) is 2.76. The summed E-state index contributed by atoms with van der Waals surface area (Å²) in [6.07, 6.45) is 5.24. The van der Waals surface area contributed by atoms with Gasteiger partial charge in [0.2, 0.25) is 0 Å². The van der Waals surface area contributed by atoms with Crippen LogP contribution < -0.4 is 0 Å². The van der Waals surface area contributed by atoms with Crippen LogP contribution in [0.3, 0.4) is 0 Å². The molecule has 0 saturated carbocycles. The third kappa shape index (κ3) is 4.22. The first-order valence-electron chi connectivity index (χ1n) is 11.1. The van der Waals surface area contributed by atoms with Gasteiger partial charge in [-0.15, -0.1) is 47.0 Å². The molecule has 3 heterocycles. The fourth-order valence-electron chi connectivity index (χ4n) is 5.30. The number of nitrogens with zero attached hydrogens (tertiary/aromatic N) is 1. The van der Waals surface area contributed by atoms with Gasteiger partial charge >= 0.3 is 0 Å². The van der Waals surface area contributed by atoms with Crippen LogP contribution in [-0.2, 0) is 8.16 Å². The average Bonchev–Trinajstić information content (AvgIpc) is 3.54. The first kappa shape index (κ1) is 21.6. The van der Waals surface area contributed by atoms with Crippen LogP contribution in [-0.4, -0.2) is 47.0 Å². The molecule has 0 spiro atoms. The van der Waals surface area contributed by atoms with Crippen LogP contribution in [0.5, 0.6) is 0 Å². The van der Waals surface area contributed by atoms with Gasteiger partial charge in [-0.3, -0.25) is 0 Å². The molecule has 2 aromatic rings. The molecule has 0 radical (unpaired) electrons. The molecule has 2 aromatic carbocycles. The van der Waals surface area contributed by atoms with Crippen molar-refractivity contribution in [2.75, 3.05) is 30.1 Å². The highest BCUT2D eigenvalue weighted by Gasteiger charge is 2.46. The molecule has 5 rings (SSSR count). The second kappa shape index (κ2) is 9.35. The molecule has 3 aliphatic heterocycles. The fourth-order valence-corrected chi connectivity index (χ4v) is 12.1. The molecule has 0 N–H and O–H groups in total. The van der Waals surface area contributed by atoms with Crippen LogP contribution in [0.4, 0.5) is 0 Å². The zero-order valence-corrected chi connectivity index (χ0v) is 20.9. The largest absolute Gasteiger partial charge is 0.300 e. The van der Waals surface area contributed by atoms with Gasteiger partial charge in [0.15, 0.2) is 0 Å². The molecule has 1 nitrogen and oxygen atoms in total. The Labute approximate surface area is 198 Å². The van der Waals surface area contributed by atoms with E-state index in [-0.39, 0.29) is 8.16 Å². The van der Waals surface area contributed by atoms with Gasteiger partial charge in [-0.25, -0.2) is 0 Å². The summed E-state index contributed by atoms with van der Waals surface area (Å²) in [5, 5.41) is 0. The molecule has 30 heavy (non-hydrogen) atoms. The van der Waals surface area contributed by atoms with E-state index in [2.05, 4.69) is 120 Å². The van der Waals surface area contributed by atoms with E-state index in [1.165, 1.54) is 59.8 Å². The Morgan fingerprint density at radius 1 is 0.667 bits per heavy atom. The molecule has 3 aliphatic rings. The molecule has 0 aromatic heterocycles. The normalized spacial score (nSPS) is 28.2. The van der Waals surface area contributed by atoms with E-state index < -0.39 is 0 Å². The molecule has 3 saturated heterocycles. The van der Waals surface area contributed by atoms with Gasteiger partial charge in [-0.05, 0) is 43.9 Å². The maximum atomic E-state index is 2.76. The van der Waals surface area contributed by atoms with Gasteiger partial charge in [-0.1, -0.05) is 60.7 Å². The summed E-state index contributed by atoms with van der Waals surface area (Å²) in [6, 6.07) is 24.0. The van der Waals surface area contributed by atoms with Crippen molar-refractivity contribution in [3.05, 3.63) is 71.8 Å². The Kier molecular flexibility index (Phi) is 6.74. The standard InChI is InChI=1S/C25H31NS4/c1-26-22(18-24(27-14-15-28-24)20-8-4-2-5-9-20)12-13-23(26)19-25(29-16-17-30-25)21-10-6-3-7-11-21/h2-11,22-23H,12-19H2,1H3/t22-,23+. The van der Waals surface area contributed by atoms with Crippen molar-refractivity contribution in [2.24, 2.45) is 0 Å². The van der Waals surface area contributed by atoms with Crippen molar-refractivity contribution in [2.45, 2.75) is 45.9 Å². The zero-order valence-electron chi connectivity index (χ0n) is 17.7. The molecule has 0 unspecified atom stereocenters. The summed E-state index contributed by atoms with van der Waals surface area (Å²) < 4.78 is 0.506. The van der Waals surface area contributed by atoms with Gasteiger partial charge in [-0.2, -0.15) is 0 Å². The Balaban J connectivity index is 1.32. The molecular formula is C25H31NS4. The molecule has 5 heteroatoms. The van der Waals surface area contributed by atoms with Crippen LogP contribution in [0.25, 0.3) is 0 Å². The number of likely N-dealkylation sites (tertiary alicyclic amines) is 1. The third-order valence-corrected chi connectivity index (χ3v) is 14.0. The first-order valence-corrected chi connectivity index (χ1v) is 15.0. The van der Waals surface area contributed by atoms with Crippen molar-refractivity contribution in [3.63, 3.8) is 0 Å². The van der Waals surface area contributed by atoms with E-state index >= 15 is 0 Å². The van der Waals surface area contributed by atoms with E-state index in [1.807, 2.05) is 0 Å². The third-order valence-electron chi connectivity index (χ3n) is 6.93. The molecule has 3 fully saturated rings. The second-order valence-electron chi connectivity index (χ2n) is 8.59. The van der Waals surface area contributed by atoms with Gasteiger partial charge < -0.3 is 4.90 Å². The Morgan fingerprint density at radius 2 is 1.03 bits per heavy atom. The highest BCUT2D eigenvalue weighted by Crippen LogP contribution is 2.58. The van der Waals surface area contributed by atoms with Gasteiger partial charge in [0.25, 0.3) is 0 Å². The molecule has 0 bridgehead atoms. The Hall–Kier alpha value is -0.200. The summed E-state index contributed by atoms with van der Waals surface area (Å²) in [5.41, 5.74) is 3.05. The van der Waals surface area contributed by atoms with Crippen LogP contribution in [0.15, 0.2) is 60.7 Å². The molecule has 0 aliphatic carbocycles. The van der Waals surface area contributed by atoms with Crippen molar-refractivity contribution in [3.8, 4) is 0 Å². The molecule has 0 amide bonds. The Morgan fingerprint density at radius 3 is 1.40 bits per heavy atom. The number of hydrogen-bond acceptors (Lipinski definition) is 5. The minimum Gasteiger partial charge on any atom is -0.300 e. The van der Waals surface area contributed by atoms with Gasteiger partial charge in [0.1, 0.15) is 0 Å². The summed E-state index contributed by atoms with van der Waals surface area (Å²) >= 11 is 8.76. The van der Waals surface area contributed by atoms with Crippen LogP contribution in [0, 0.1) is 0 Å². The van der Waals surface area contributed by atoms with Crippen LogP contribution in [0.1, 0.15) is 36.8 Å². The topological polar surface area (TPSA) is 3.24 Å². The smallest absolute Gasteiger partial charge is 0.0875 e. The minimum absolute atomic E-state index is 0.253. The van der Waals surface area contributed by atoms with E-state index in [9.17, 15) is 0 Å². The second-order valence-corrected chi connectivity index (χ2v) is 14.7. The van der Waals surface area contributed by atoms with Gasteiger partial charge in [0, 0.05) is 35.1 Å². The lowest BCUT2D eigenvalue weighted by Crippen LogP contribution is -2.38. The number of benzene rings is 2. The lowest BCUT2D eigenvalue weighted by atomic mass is 10.0. The van der Waals surface area contributed by atoms with Crippen LogP contribution in [0.2, 0.25) is 0 Å². The molecule has 2 atom stereocenters. The maximum Gasteiger partial charge on any atom is 0.0875 e. The average molecular weight is 474 g/mol. The highest BCUT2D eigenvalue weighted by atomic mass is 32.2.